The molecule has 26 atom stereocenters. The molecule has 4 aliphatic heterocycles. The first kappa shape index (κ1) is 54.9. The molecule has 4 saturated heterocycles. The lowest BCUT2D eigenvalue weighted by Gasteiger charge is -2.58. The van der Waals surface area contributed by atoms with Crippen molar-refractivity contribution in [1.82, 2.24) is 0 Å². The van der Waals surface area contributed by atoms with Crippen LogP contribution in [-0.2, 0) is 56.2 Å². The highest BCUT2D eigenvalue weighted by Gasteiger charge is 2.59. The van der Waals surface area contributed by atoms with Crippen LogP contribution in [0.3, 0.4) is 0 Å². The minimum Gasteiger partial charge on any atom is -0.394 e. The standard InChI is InChI=1S/C52H80O20/c1-22(20-65-47-43(63)41(61)38(58)33(18-53)69-47)6-7-25-8-9-26-16-31-29-11-10-27-17-28(12-14-51(27,4)30(29)13-15-52(31,5)35(26)23(25)2)68-50-46(72-49-44(64)40(60)36(56)24(3)67-49)45(39(59)34(19-54)70-50)71-48-42(62)37(57)32(55)21-66-48/h8-10,22,24,28-34,36-50,53-64H,6-7,11-21H2,1-5H3/t22-,24+,28+,29-,30+,31+,32-,33-,34-,36+,37+,38-,39-,40-,41+,42-,43-,44-,45+,46-,47-,48+,49+,50-,51+,52+/m1/s1. The van der Waals surface area contributed by atoms with E-state index in [-0.39, 0.29) is 23.4 Å². The molecule has 20 heteroatoms. The summed E-state index contributed by atoms with van der Waals surface area (Å²) in [5.74, 6) is 1.45. The second-order valence-electron chi connectivity index (χ2n) is 22.8. The zero-order chi connectivity index (χ0) is 51.7. The smallest absolute Gasteiger partial charge is 0.187 e. The highest BCUT2D eigenvalue weighted by molar-refractivity contribution is 5.50. The summed E-state index contributed by atoms with van der Waals surface area (Å²) < 4.78 is 48.1. The molecule has 2 saturated carbocycles. The SMILES string of the molecule is Cc1c(CC[C@@H](C)CO[C@@H]2O[C@H](CO)[C@@H](O)[C@H](O)[C@H]2O)ccc2c1[C@@]1(C)CC[C@H]3[C@@H](CC=C4C[C@@H](O[C@@H]5O[C@H](CO)[C@@H](O)[C@H](O[C@@H]6OC[C@@H](O)[C@H](O)[C@H]6O)[C@H]5O[C@@H]5O[C@@H](C)[C@H](O)[C@@H](O)[C@H]5O)CC[C@@]43C)[C@@H]1C2. The van der Waals surface area contributed by atoms with Crippen LogP contribution in [0.5, 0.6) is 0 Å². The number of benzene rings is 1. The van der Waals surface area contributed by atoms with Crippen LogP contribution >= 0.6 is 0 Å². The van der Waals surface area contributed by atoms with Crippen molar-refractivity contribution in [1.29, 1.82) is 0 Å². The second-order valence-corrected chi connectivity index (χ2v) is 22.8. The molecule has 0 radical (unpaired) electrons. The normalized spacial score (nSPS) is 48.7. The van der Waals surface area contributed by atoms with Crippen molar-refractivity contribution in [2.75, 3.05) is 26.4 Å². The van der Waals surface area contributed by atoms with Gasteiger partial charge in [-0.3, -0.25) is 0 Å². The van der Waals surface area contributed by atoms with Gasteiger partial charge in [0.1, 0.15) is 85.5 Å². The molecule has 20 nitrogen and oxygen atoms in total. The minimum atomic E-state index is -1.75. The highest BCUT2D eigenvalue weighted by atomic mass is 16.8. The molecule has 4 aliphatic carbocycles. The Morgan fingerprint density at radius 2 is 1.32 bits per heavy atom. The molecular formula is C52H80O20. The Kier molecular flexibility index (Phi) is 16.7. The van der Waals surface area contributed by atoms with E-state index in [0.29, 0.717) is 30.6 Å². The van der Waals surface area contributed by atoms with Crippen LogP contribution < -0.4 is 0 Å². The number of ether oxygens (including phenoxy) is 8. The van der Waals surface area contributed by atoms with Gasteiger partial charge in [0.15, 0.2) is 25.2 Å². The largest absolute Gasteiger partial charge is 0.394 e. The summed E-state index contributed by atoms with van der Waals surface area (Å²) in [6, 6.07) is 4.59. The van der Waals surface area contributed by atoms with Gasteiger partial charge in [-0.05, 0) is 128 Å². The number of aliphatic hydroxyl groups is 12. The Bertz CT molecular complexity index is 2040. The molecule has 1 aromatic rings. The van der Waals surface area contributed by atoms with Crippen molar-refractivity contribution in [2.45, 2.75) is 221 Å². The van der Waals surface area contributed by atoms with Crippen molar-refractivity contribution in [3.63, 3.8) is 0 Å². The number of aliphatic hydroxyl groups excluding tert-OH is 12. The maximum absolute atomic E-state index is 11.6. The van der Waals surface area contributed by atoms with E-state index in [2.05, 4.69) is 45.9 Å². The van der Waals surface area contributed by atoms with E-state index in [1.165, 1.54) is 34.8 Å². The van der Waals surface area contributed by atoms with Gasteiger partial charge >= 0.3 is 0 Å². The van der Waals surface area contributed by atoms with E-state index < -0.39 is 143 Å². The lowest BCUT2D eigenvalue weighted by Crippen LogP contribution is -2.66. The molecule has 4 heterocycles. The Labute approximate surface area is 420 Å². The molecule has 9 rings (SSSR count). The van der Waals surface area contributed by atoms with E-state index in [4.69, 9.17) is 37.9 Å². The number of rotatable bonds is 14. The lowest BCUT2D eigenvalue weighted by atomic mass is 9.47. The fourth-order valence-corrected chi connectivity index (χ4v) is 14.0. The maximum Gasteiger partial charge on any atom is 0.187 e. The Balaban J connectivity index is 0.877. The third kappa shape index (κ3) is 10.0. The summed E-state index contributed by atoms with van der Waals surface area (Å²) in [6.45, 7) is 9.36. The molecule has 8 aliphatic rings. The first-order chi connectivity index (χ1) is 34.2. The van der Waals surface area contributed by atoms with Crippen LogP contribution in [-0.4, -0.2) is 211 Å². The quantitative estimate of drug-likeness (QED) is 0.0980. The molecule has 12 N–H and O–H groups in total. The first-order valence-corrected chi connectivity index (χ1v) is 26.2. The van der Waals surface area contributed by atoms with E-state index in [9.17, 15) is 61.3 Å². The fraction of sp³-hybridized carbons (Fsp3) is 0.846. The van der Waals surface area contributed by atoms with Gasteiger partial charge in [-0.2, -0.15) is 0 Å². The number of allylic oxidation sites excluding steroid dienone is 1. The predicted octanol–water partition coefficient (Wildman–Crippen LogP) is -1.14. The fourth-order valence-electron chi connectivity index (χ4n) is 14.0. The van der Waals surface area contributed by atoms with Crippen molar-refractivity contribution in [3.8, 4) is 0 Å². The van der Waals surface area contributed by atoms with Crippen LogP contribution in [0.4, 0.5) is 0 Å². The molecule has 0 spiro atoms. The summed E-state index contributed by atoms with van der Waals surface area (Å²) in [6.07, 6.45) is -17.8. The Hall–Kier alpha value is -1.84. The number of fused-ring (bicyclic) bond motifs is 7. The van der Waals surface area contributed by atoms with Crippen LogP contribution in [0.1, 0.15) is 94.9 Å². The predicted molar refractivity (Wildman–Crippen MR) is 250 cm³/mol. The molecule has 72 heavy (non-hydrogen) atoms. The van der Waals surface area contributed by atoms with Crippen molar-refractivity contribution < 1.29 is 99.2 Å². The van der Waals surface area contributed by atoms with E-state index in [1.54, 1.807) is 0 Å². The topological polar surface area (TPSA) is 317 Å². The molecule has 1 aromatic carbocycles. The molecule has 6 fully saturated rings. The third-order valence-corrected chi connectivity index (χ3v) is 18.4. The average Bonchev–Trinajstić information content (AvgIpc) is 3.68. The first-order valence-electron chi connectivity index (χ1n) is 26.2. The Morgan fingerprint density at radius 3 is 2.06 bits per heavy atom. The number of aryl methyl sites for hydroxylation is 1. The molecule has 0 unspecified atom stereocenters. The van der Waals surface area contributed by atoms with Gasteiger partial charge in [0.2, 0.25) is 0 Å². The maximum atomic E-state index is 11.6. The molecule has 0 aromatic heterocycles. The average molecular weight is 1030 g/mol. The summed E-state index contributed by atoms with van der Waals surface area (Å²) in [7, 11) is 0. The summed E-state index contributed by atoms with van der Waals surface area (Å²) in [5, 5.41) is 126. The monoisotopic (exact) mass is 1020 g/mol. The van der Waals surface area contributed by atoms with Gasteiger partial charge in [-0.1, -0.05) is 44.6 Å². The third-order valence-electron chi connectivity index (χ3n) is 18.4. The van der Waals surface area contributed by atoms with Crippen molar-refractivity contribution in [2.24, 2.45) is 29.1 Å². The summed E-state index contributed by atoms with van der Waals surface area (Å²) in [5.41, 5.74) is 6.75. The van der Waals surface area contributed by atoms with E-state index in [1.807, 2.05) is 0 Å². The molecule has 0 amide bonds. The van der Waals surface area contributed by atoms with Gasteiger partial charge < -0.3 is 99.2 Å². The van der Waals surface area contributed by atoms with Gasteiger partial charge in [0.05, 0.1) is 38.6 Å². The van der Waals surface area contributed by atoms with Gasteiger partial charge in [0.25, 0.3) is 0 Å². The second kappa shape index (κ2) is 21.9. The van der Waals surface area contributed by atoms with Crippen LogP contribution in [0.2, 0.25) is 0 Å². The van der Waals surface area contributed by atoms with Crippen LogP contribution in [0, 0.1) is 36.0 Å². The van der Waals surface area contributed by atoms with E-state index in [0.717, 1.165) is 44.9 Å². The molecular weight excluding hydrogens is 945 g/mol. The lowest BCUT2D eigenvalue weighted by molar-refractivity contribution is -0.390. The van der Waals surface area contributed by atoms with E-state index >= 15 is 0 Å². The highest BCUT2D eigenvalue weighted by Crippen LogP contribution is 2.65. The summed E-state index contributed by atoms with van der Waals surface area (Å²) in [4.78, 5) is 0. The van der Waals surface area contributed by atoms with Crippen LogP contribution in [0.15, 0.2) is 23.8 Å². The molecule has 0 bridgehead atoms. The number of hydrogen-bond donors (Lipinski definition) is 12. The Morgan fingerprint density at radius 1 is 0.667 bits per heavy atom. The zero-order valence-corrected chi connectivity index (χ0v) is 41.9. The minimum absolute atomic E-state index is 0.00829. The number of hydrogen-bond acceptors (Lipinski definition) is 20. The van der Waals surface area contributed by atoms with Crippen molar-refractivity contribution in [3.05, 3.63) is 46.0 Å². The van der Waals surface area contributed by atoms with Crippen LogP contribution in [0.25, 0.3) is 0 Å². The van der Waals surface area contributed by atoms with Gasteiger partial charge in [-0.25, -0.2) is 0 Å². The molecule has 408 valence electrons. The zero-order valence-electron chi connectivity index (χ0n) is 41.9. The van der Waals surface area contributed by atoms with Gasteiger partial charge in [0, 0.05) is 0 Å². The summed E-state index contributed by atoms with van der Waals surface area (Å²) >= 11 is 0. The van der Waals surface area contributed by atoms with Gasteiger partial charge in [-0.15, -0.1) is 0 Å². The van der Waals surface area contributed by atoms with Crippen molar-refractivity contribution >= 4 is 0 Å².